The molecule has 6 nitrogen and oxygen atoms in total. The molecule has 0 atom stereocenters. The number of hydrogen-bond donors (Lipinski definition) is 5. The molecule has 0 radical (unpaired) electrons. The molecule has 0 saturated heterocycles. The van der Waals surface area contributed by atoms with Crippen molar-refractivity contribution in [3.63, 3.8) is 0 Å². The lowest BCUT2D eigenvalue weighted by molar-refractivity contribution is 0.443. The molecule has 0 aliphatic rings. The third-order valence-electron chi connectivity index (χ3n) is 5.27. The molecule has 1 heterocycles. The maximum atomic E-state index is 10.5. The number of rotatable bonds is 4. The Hall–Kier alpha value is -4.06. The molecule has 5 N–H and O–H groups in total. The van der Waals surface area contributed by atoms with E-state index in [1.54, 1.807) is 6.07 Å². The zero-order valence-electron chi connectivity index (χ0n) is 17.3. The Balaban J connectivity index is 1.83. The van der Waals surface area contributed by atoms with Gasteiger partial charge in [-0.15, -0.1) is 0 Å². The van der Waals surface area contributed by atoms with Gasteiger partial charge in [0.1, 0.15) is 17.3 Å². The number of aromatic amines is 1. The van der Waals surface area contributed by atoms with E-state index in [9.17, 15) is 10.2 Å². The molecule has 156 valence electrons. The third kappa shape index (κ3) is 3.75. The summed E-state index contributed by atoms with van der Waals surface area (Å²) in [7, 11) is 0. The number of hydrogen-bond acceptors (Lipinski definition) is 4. The summed E-state index contributed by atoms with van der Waals surface area (Å²) in [6, 6.07) is 21.7. The molecule has 0 fully saturated rings. The van der Waals surface area contributed by atoms with Crippen molar-refractivity contribution < 1.29 is 10.2 Å². The minimum atomic E-state index is -0.211. The molecule has 6 heteroatoms. The fourth-order valence-electron chi connectivity index (χ4n) is 3.63. The van der Waals surface area contributed by atoms with Crippen LogP contribution in [0.1, 0.15) is 36.6 Å². The summed E-state index contributed by atoms with van der Waals surface area (Å²) in [6.07, 6.45) is 0. The number of amidine groups is 2. The van der Waals surface area contributed by atoms with Crippen molar-refractivity contribution in [2.24, 2.45) is 0 Å². The lowest BCUT2D eigenvalue weighted by atomic mass is 9.98. The van der Waals surface area contributed by atoms with Gasteiger partial charge in [0.25, 0.3) is 0 Å². The second-order valence-electron chi connectivity index (χ2n) is 7.72. The molecule has 0 unspecified atom stereocenters. The van der Waals surface area contributed by atoms with Gasteiger partial charge < -0.3 is 15.2 Å². The van der Waals surface area contributed by atoms with Crippen LogP contribution in [0.5, 0.6) is 11.5 Å². The number of anilines is 1. The number of nitrogens with zero attached hydrogens (tertiary/aromatic N) is 1. The van der Waals surface area contributed by atoms with Gasteiger partial charge in [-0.25, -0.2) is 0 Å². The SMILES string of the molecule is CC(C)c1cc(C(=N)N(C(=N)c2cc3ccccc3[nH]2)c2ccccc2)c(O)cc1O. The molecule has 0 aliphatic heterocycles. The quantitative estimate of drug-likeness (QED) is 0.224. The molecule has 4 aromatic rings. The van der Waals surface area contributed by atoms with Crippen LogP contribution in [0.4, 0.5) is 5.69 Å². The number of H-pyrrole nitrogens is 1. The molecule has 1 aromatic heterocycles. The second kappa shape index (κ2) is 7.99. The fraction of sp³-hybridized carbons (Fsp3) is 0.120. The van der Waals surface area contributed by atoms with Crippen molar-refractivity contribution in [1.29, 1.82) is 10.8 Å². The molecule has 0 saturated carbocycles. The minimum absolute atomic E-state index is 0.00508. The van der Waals surface area contributed by atoms with Crippen molar-refractivity contribution in [3.8, 4) is 11.5 Å². The first-order valence-electron chi connectivity index (χ1n) is 10.0. The highest BCUT2D eigenvalue weighted by Crippen LogP contribution is 2.34. The maximum absolute atomic E-state index is 10.5. The Labute approximate surface area is 180 Å². The summed E-state index contributed by atoms with van der Waals surface area (Å²) in [6.45, 7) is 3.86. The molecule has 31 heavy (non-hydrogen) atoms. The van der Waals surface area contributed by atoms with E-state index >= 15 is 0 Å². The van der Waals surface area contributed by atoms with Crippen LogP contribution in [0.2, 0.25) is 0 Å². The predicted octanol–water partition coefficient (Wildman–Crippen LogP) is 5.56. The number of fused-ring (bicyclic) bond motifs is 1. The topological polar surface area (TPSA) is 107 Å². The van der Waals surface area contributed by atoms with E-state index in [-0.39, 0.29) is 34.7 Å². The number of phenols is 2. The van der Waals surface area contributed by atoms with Crippen LogP contribution in [-0.4, -0.2) is 26.9 Å². The van der Waals surface area contributed by atoms with Crippen LogP contribution in [0.25, 0.3) is 10.9 Å². The van der Waals surface area contributed by atoms with Gasteiger partial charge in [-0.05, 0) is 41.8 Å². The van der Waals surface area contributed by atoms with E-state index in [1.165, 1.54) is 11.0 Å². The number of para-hydroxylation sites is 2. The largest absolute Gasteiger partial charge is 0.508 e. The highest BCUT2D eigenvalue weighted by molar-refractivity contribution is 6.28. The van der Waals surface area contributed by atoms with Crippen molar-refractivity contribution in [3.05, 3.63) is 89.6 Å². The minimum Gasteiger partial charge on any atom is -0.508 e. The molecule has 4 rings (SSSR count). The number of benzene rings is 3. The predicted molar refractivity (Wildman–Crippen MR) is 125 cm³/mol. The molecule has 0 spiro atoms. The summed E-state index contributed by atoms with van der Waals surface area (Å²) < 4.78 is 0. The Bertz CT molecular complexity index is 1240. The van der Waals surface area contributed by atoms with Gasteiger partial charge >= 0.3 is 0 Å². The van der Waals surface area contributed by atoms with Crippen LogP contribution < -0.4 is 4.90 Å². The van der Waals surface area contributed by atoms with Crippen molar-refractivity contribution in [2.75, 3.05) is 4.90 Å². The van der Waals surface area contributed by atoms with Gasteiger partial charge in [-0.2, -0.15) is 0 Å². The lowest BCUT2D eigenvalue weighted by Gasteiger charge is -2.26. The standard InChI is InChI=1S/C25H24N4O2/c1-15(2)18-13-19(23(31)14-22(18)30)24(26)29(17-9-4-3-5-10-17)25(27)21-12-16-8-6-7-11-20(16)28-21/h3-15,26-28,30-31H,1-2H3. The molecular weight excluding hydrogens is 388 g/mol. The number of phenolic OH excluding ortho intramolecular Hbond substituents is 2. The molecule has 3 aromatic carbocycles. The zero-order valence-corrected chi connectivity index (χ0v) is 17.3. The molecule has 0 amide bonds. The van der Waals surface area contributed by atoms with E-state index in [0.717, 1.165) is 10.9 Å². The summed E-state index contributed by atoms with van der Waals surface area (Å²) >= 11 is 0. The fourth-order valence-corrected chi connectivity index (χ4v) is 3.63. The van der Waals surface area contributed by atoms with Crippen LogP contribution in [0.3, 0.4) is 0 Å². The molecule has 0 bridgehead atoms. The van der Waals surface area contributed by atoms with E-state index in [2.05, 4.69) is 4.98 Å². The van der Waals surface area contributed by atoms with Crippen LogP contribution in [0, 0.1) is 10.8 Å². The van der Waals surface area contributed by atoms with E-state index < -0.39 is 0 Å². The third-order valence-corrected chi connectivity index (χ3v) is 5.27. The van der Waals surface area contributed by atoms with E-state index in [4.69, 9.17) is 10.8 Å². The summed E-state index contributed by atoms with van der Waals surface area (Å²) in [5.41, 5.74) is 2.94. The summed E-state index contributed by atoms with van der Waals surface area (Å²) in [5.74, 6) is -0.205. The highest BCUT2D eigenvalue weighted by atomic mass is 16.3. The summed E-state index contributed by atoms with van der Waals surface area (Å²) in [4.78, 5) is 4.71. The Kier molecular flexibility index (Phi) is 5.21. The van der Waals surface area contributed by atoms with Crippen molar-refractivity contribution in [1.82, 2.24) is 4.98 Å². The first-order valence-corrected chi connectivity index (χ1v) is 10.0. The maximum Gasteiger partial charge on any atom is 0.155 e. The zero-order chi connectivity index (χ0) is 22.1. The average Bonchev–Trinajstić information content (AvgIpc) is 3.18. The highest BCUT2D eigenvalue weighted by Gasteiger charge is 2.25. The molecular formula is C25H24N4O2. The van der Waals surface area contributed by atoms with Crippen molar-refractivity contribution >= 4 is 28.3 Å². The van der Waals surface area contributed by atoms with Gasteiger partial charge in [0.2, 0.25) is 0 Å². The Morgan fingerprint density at radius 3 is 2.19 bits per heavy atom. The average molecular weight is 412 g/mol. The van der Waals surface area contributed by atoms with Gasteiger partial charge in [0.05, 0.1) is 11.3 Å². The molecule has 0 aliphatic carbocycles. The van der Waals surface area contributed by atoms with Gasteiger partial charge in [-0.1, -0.05) is 50.2 Å². The Morgan fingerprint density at radius 1 is 0.839 bits per heavy atom. The first kappa shape index (κ1) is 20.2. The lowest BCUT2D eigenvalue weighted by Crippen LogP contribution is -2.37. The Morgan fingerprint density at radius 2 is 1.52 bits per heavy atom. The van der Waals surface area contributed by atoms with Crippen LogP contribution >= 0.6 is 0 Å². The smallest absolute Gasteiger partial charge is 0.155 e. The number of nitrogens with one attached hydrogen (secondary N) is 3. The van der Waals surface area contributed by atoms with Gasteiger partial charge in [0, 0.05) is 22.7 Å². The first-order chi connectivity index (χ1) is 14.9. The number of aromatic nitrogens is 1. The van der Waals surface area contributed by atoms with Crippen LogP contribution in [0.15, 0.2) is 72.8 Å². The van der Waals surface area contributed by atoms with Gasteiger partial charge in [0.15, 0.2) is 5.84 Å². The monoisotopic (exact) mass is 412 g/mol. The van der Waals surface area contributed by atoms with Crippen molar-refractivity contribution in [2.45, 2.75) is 19.8 Å². The van der Waals surface area contributed by atoms with Crippen LogP contribution in [-0.2, 0) is 0 Å². The van der Waals surface area contributed by atoms with E-state index in [1.807, 2.05) is 74.5 Å². The van der Waals surface area contributed by atoms with E-state index in [0.29, 0.717) is 16.9 Å². The number of aromatic hydroxyl groups is 2. The second-order valence-corrected chi connectivity index (χ2v) is 7.72. The normalized spacial score (nSPS) is 11.1. The summed E-state index contributed by atoms with van der Waals surface area (Å²) in [5, 5.41) is 39.5. The van der Waals surface area contributed by atoms with Gasteiger partial charge in [-0.3, -0.25) is 15.7 Å².